The number of amides is 1. The van der Waals surface area contributed by atoms with E-state index in [9.17, 15) is 9.59 Å². The zero-order valence-electron chi connectivity index (χ0n) is 15.6. The number of nitrogens with one attached hydrogen (secondary N) is 1. The van der Waals surface area contributed by atoms with Gasteiger partial charge >= 0.3 is 5.97 Å². The Labute approximate surface area is 172 Å². The number of carbonyl (C=O) groups is 2. The second-order valence-electron chi connectivity index (χ2n) is 5.96. The Morgan fingerprint density at radius 1 is 1.24 bits per heavy atom. The van der Waals surface area contributed by atoms with E-state index in [4.69, 9.17) is 21.6 Å². The molecule has 29 heavy (non-hydrogen) atoms. The quantitative estimate of drug-likeness (QED) is 0.616. The monoisotopic (exact) mass is 408 g/mol. The van der Waals surface area contributed by atoms with Crippen LogP contribution in [0.25, 0.3) is 16.8 Å². The Hall–Kier alpha value is -3.63. The predicted molar refractivity (Wildman–Crippen MR) is 109 cm³/mol. The zero-order chi connectivity index (χ0) is 20.8. The van der Waals surface area contributed by atoms with E-state index in [-0.39, 0.29) is 29.6 Å². The molecule has 3 aromatic rings. The van der Waals surface area contributed by atoms with Crippen molar-refractivity contribution in [2.75, 3.05) is 11.9 Å². The Morgan fingerprint density at radius 2 is 2.00 bits per heavy atom. The molecule has 0 aliphatic carbocycles. The van der Waals surface area contributed by atoms with Crippen molar-refractivity contribution in [1.82, 2.24) is 9.55 Å². The smallest absolute Gasteiger partial charge is 0.357 e. The lowest BCUT2D eigenvalue weighted by atomic mass is 10.1. The molecule has 0 saturated heterocycles. The number of pyridine rings is 1. The summed E-state index contributed by atoms with van der Waals surface area (Å²) < 4.78 is 6.63. The summed E-state index contributed by atoms with van der Waals surface area (Å²) >= 11 is 6.38. The van der Waals surface area contributed by atoms with E-state index in [1.165, 1.54) is 10.6 Å². The van der Waals surface area contributed by atoms with Gasteiger partial charge in [0.05, 0.1) is 18.4 Å². The molecule has 0 aliphatic rings. The number of benzene rings is 1. The summed E-state index contributed by atoms with van der Waals surface area (Å²) in [7, 11) is 0. The van der Waals surface area contributed by atoms with Gasteiger partial charge in [0.15, 0.2) is 5.69 Å². The molecule has 1 N–H and O–H groups in total. The lowest BCUT2D eigenvalue weighted by Gasteiger charge is -2.12. The number of rotatable bonds is 6. The number of ether oxygens (including phenoxy) is 1. The number of hydrogen-bond donors (Lipinski definition) is 1. The lowest BCUT2D eigenvalue weighted by molar-refractivity contribution is -0.115. The number of esters is 1. The van der Waals surface area contributed by atoms with Crippen molar-refractivity contribution < 1.29 is 14.3 Å². The average Bonchev–Trinajstić information content (AvgIpc) is 3.04. The van der Waals surface area contributed by atoms with Gasteiger partial charge in [0, 0.05) is 18.1 Å². The molecule has 2 aromatic heterocycles. The molecule has 0 spiro atoms. The summed E-state index contributed by atoms with van der Waals surface area (Å²) in [6.07, 6.45) is 3.11. The molecule has 0 bridgehead atoms. The minimum atomic E-state index is -0.636. The Bertz CT molecular complexity index is 1070. The van der Waals surface area contributed by atoms with Crippen LogP contribution >= 0.6 is 11.6 Å². The van der Waals surface area contributed by atoms with Crippen LogP contribution in [0.15, 0.2) is 54.9 Å². The van der Waals surface area contributed by atoms with Gasteiger partial charge in [-0.1, -0.05) is 29.8 Å². The Balaban J connectivity index is 2.04. The van der Waals surface area contributed by atoms with Crippen LogP contribution in [0.2, 0.25) is 5.15 Å². The molecular weight excluding hydrogens is 392 g/mol. The van der Waals surface area contributed by atoms with Crippen LogP contribution in [-0.4, -0.2) is 28.0 Å². The fourth-order valence-electron chi connectivity index (χ4n) is 2.83. The fraction of sp³-hybridized carbons (Fsp3) is 0.143. The van der Waals surface area contributed by atoms with Gasteiger partial charge in [0.2, 0.25) is 5.91 Å². The first kappa shape index (κ1) is 20.1. The summed E-state index contributed by atoms with van der Waals surface area (Å²) in [5.74, 6) is -1.18. The predicted octanol–water partition coefficient (Wildman–Crippen LogP) is 4.22. The number of hydrogen-bond acceptors (Lipinski definition) is 5. The molecule has 3 rings (SSSR count). The summed E-state index contributed by atoms with van der Waals surface area (Å²) in [6.45, 7) is 1.84. The number of carbonyl (C=O) groups excluding carboxylic acids is 2. The van der Waals surface area contributed by atoms with Gasteiger partial charge < -0.3 is 10.1 Å². The molecule has 7 nitrogen and oxygen atoms in total. The van der Waals surface area contributed by atoms with E-state index in [2.05, 4.69) is 10.3 Å². The van der Waals surface area contributed by atoms with Crippen LogP contribution < -0.4 is 5.32 Å². The number of aromatic nitrogens is 2. The van der Waals surface area contributed by atoms with E-state index >= 15 is 0 Å². The average molecular weight is 409 g/mol. The number of anilines is 1. The van der Waals surface area contributed by atoms with E-state index < -0.39 is 11.9 Å². The minimum Gasteiger partial charge on any atom is -0.461 e. The van der Waals surface area contributed by atoms with Crippen LogP contribution in [0, 0.1) is 11.3 Å². The first-order valence-corrected chi connectivity index (χ1v) is 9.19. The normalized spacial score (nSPS) is 10.2. The highest BCUT2D eigenvalue weighted by Gasteiger charge is 2.24. The van der Waals surface area contributed by atoms with Gasteiger partial charge in [-0.2, -0.15) is 5.26 Å². The molecule has 8 heteroatoms. The minimum absolute atomic E-state index is 0.0808. The van der Waals surface area contributed by atoms with E-state index in [0.717, 1.165) is 11.1 Å². The van der Waals surface area contributed by atoms with Crippen LogP contribution in [0.5, 0.6) is 0 Å². The molecule has 0 saturated carbocycles. The summed E-state index contributed by atoms with van der Waals surface area (Å²) in [5.41, 5.74) is 2.78. The number of nitrogens with zero attached hydrogens (tertiary/aromatic N) is 3. The molecular formula is C21H17ClN4O3. The van der Waals surface area contributed by atoms with Gasteiger partial charge in [0.25, 0.3) is 0 Å². The molecule has 0 atom stereocenters. The molecule has 0 radical (unpaired) electrons. The maximum atomic E-state index is 12.6. The first-order chi connectivity index (χ1) is 14.0. The summed E-state index contributed by atoms with van der Waals surface area (Å²) in [5, 5.41) is 11.5. The summed E-state index contributed by atoms with van der Waals surface area (Å²) in [4.78, 5) is 28.5. The molecule has 0 unspecified atom stereocenters. The van der Waals surface area contributed by atoms with Crippen LogP contribution in [0.4, 0.5) is 5.69 Å². The number of halogens is 1. The molecule has 1 amide bonds. The zero-order valence-corrected chi connectivity index (χ0v) is 16.3. The summed E-state index contributed by atoms with van der Waals surface area (Å²) in [6, 6.07) is 14.4. The van der Waals surface area contributed by atoms with Crippen molar-refractivity contribution in [2.45, 2.75) is 13.3 Å². The Kier molecular flexibility index (Phi) is 6.27. The van der Waals surface area contributed by atoms with E-state index in [1.54, 1.807) is 37.5 Å². The van der Waals surface area contributed by atoms with Gasteiger partial charge in [-0.25, -0.2) is 4.79 Å². The maximum absolute atomic E-state index is 12.6. The van der Waals surface area contributed by atoms with Crippen molar-refractivity contribution in [1.29, 1.82) is 5.26 Å². The van der Waals surface area contributed by atoms with Crippen molar-refractivity contribution in [3.8, 4) is 22.9 Å². The second kappa shape index (κ2) is 9.04. The second-order valence-corrected chi connectivity index (χ2v) is 6.34. The van der Waals surface area contributed by atoms with Crippen LogP contribution in [0.1, 0.15) is 23.8 Å². The highest BCUT2D eigenvalue weighted by atomic mass is 35.5. The molecule has 2 heterocycles. The van der Waals surface area contributed by atoms with E-state index in [0.29, 0.717) is 5.69 Å². The molecule has 0 fully saturated rings. The Morgan fingerprint density at radius 3 is 2.62 bits per heavy atom. The van der Waals surface area contributed by atoms with Crippen molar-refractivity contribution in [3.63, 3.8) is 0 Å². The largest absolute Gasteiger partial charge is 0.461 e. The fourth-order valence-corrected chi connectivity index (χ4v) is 3.12. The van der Waals surface area contributed by atoms with Crippen LogP contribution in [0.3, 0.4) is 0 Å². The van der Waals surface area contributed by atoms with Crippen molar-refractivity contribution in [2.24, 2.45) is 0 Å². The maximum Gasteiger partial charge on any atom is 0.357 e. The van der Waals surface area contributed by atoms with Crippen LogP contribution in [-0.2, 0) is 9.53 Å². The third-order valence-corrected chi connectivity index (χ3v) is 4.34. The lowest BCUT2D eigenvalue weighted by Crippen LogP contribution is -2.17. The van der Waals surface area contributed by atoms with Gasteiger partial charge in [-0.15, -0.1) is 0 Å². The number of nitriles is 1. The van der Waals surface area contributed by atoms with Gasteiger partial charge in [0.1, 0.15) is 11.6 Å². The van der Waals surface area contributed by atoms with Gasteiger partial charge in [-0.3, -0.25) is 14.3 Å². The van der Waals surface area contributed by atoms with Crippen molar-refractivity contribution >= 4 is 29.2 Å². The third-order valence-electron chi connectivity index (χ3n) is 4.06. The molecule has 1 aromatic carbocycles. The standard InChI is InChI=1S/C21H17ClN4O3/c1-2-29-21(28)20-17(25-19(27)9-10-23)12-18(22)26(20)16-7-5-14(6-8-16)15-4-3-11-24-13-15/h3-8,11-13H,2,9H2,1H3,(H,25,27). The first-order valence-electron chi connectivity index (χ1n) is 8.81. The molecule has 146 valence electrons. The highest BCUT2D eigenvalue weighted by molar-refractivity contribution is 6.31. The SMILES string of the molecule is CCOC(=O)c1c(NC(=O)CC#N)cc(Cl)n1-c1ccc(-c2cccnc2)cc1. The highest BCUT2D eigenvalue weighted by Crippen LogP contribution is 2.31. The van der Waals surface area contributed by atoms with E-state index in [1.807, 2.05) is 24.3 Å². The third kappa shape index (κ3) is 4.45. The topological polar surface area (TPSA) is 97.0 Å². The van der Waals surface area contributed by atoms with Gasteiger partial charge in [-0.05, 0) is 42.3 Å². The molecule has 0 aliphatic heterocycles. The van der Waals surface area contributed by atoms with Crippen molar-refractivity contribution in [3.05, 3.63) is 65.7 Å².